The number of alkyl halides is 3. The van der Waals surface area contributed by atoms with E-state index in [2.05, 4.69) is 9.97 Å². The van der Waals surface area contributed by atoms with Crippen LogP contribution in [0.1, 0.15) is 36.0 Å². The van der Waals surface area contributed by atoms with Gasteiger partial charge in [0.05, 0.1) is 12.8 Å². The van der Waals surface area contributed by atoms with E-state index >= 15 is 0 Å². The molecule has 0 atom stereocenters. The van der Waals surface area contributed by atoms with Crippen LogP contribution in [0.3, 0.4) is 0 Å². The number of nitrogens with zero attached hydrogens (tertiary/aromatic N) is 3. The summed E-state index contributed by atoms with van der Waals surface area (Å²) in [6.07, 6.45) is -0.731. The number of ether oxygens (including phenoxy) is 1. The quantitative estimate of drug-likeness (QED) is 0.692. The van der Waals surface area contributed by atoms with E-state index in [1.54, 1.807) is 13.0 Å². The van der Waals surface area contributed by atoms with E-state index in [1.165, 1.54) is 35.9 Å². The highest BCUT2D eigenvalue weighted by atomic mass is 19.3. The van der Waals surface area contributed by atoms with E-state index < -0.39 is 17.7 Å². The van der Waals surface area contributed by atoms with Crippen LogP contribution in [0.4, 0.5) is 13.2 Å². The van der Waals surface area contributed by atoms with Crippen molar-refractivity contribution in [1.82, 2.24) is 14.4 Å². The lowest BCUT2D eigenvalue weighted by Gasteiger charge is -2.16. The number of aryl methyl sites for hydroxylation is 1. The second-order valence-corrected chi connectivity index (χ2v) is 6.64. The molecule has 3 aromatic rings. The highest BCUT2D eigenvalue weighted by molar-refractivity contribution is 5.70. The molecule has 0 aliphatic heterocycles. The second kappa shape index (κ2) is 6.07. The first-order valence-electron chi connectivity index (χ1n) is 8.39. The van der Waals surface area contributed by atoms with Crippen LogP contribution in [0.15, 0.2) is 35.3 Å². The van der Waals surface area contributed by atoms with Crippen LogP contribution >= 0.6 is 0 Å². The minimum atomic E-state index is -2.83. The van der Waals surface area contributed by atoms with Crippen molar-refractivity contribution in [2.24, 2.45) is 0 Å². The van der Waals surface area contributed by atoms with Gasteiger partial charge in [0, 0.05) is 29.5 Å². The van der Waals surface area contributed by atoms with Gasteiger partial charge in [0.15, 0.2) is 0 Å². The van der Waals surface area contributed by atoms with Crippen LogP contribution in [0.2, 0.25) is 0 Å². The summed E-state index contributed by atoms with van der Waals surface area (Å²) in [5, 5.41) is 0. The lowest BCUT2D eigenvalue weighted by Crippen LogP contribution is -2.16. The van der Waals surface area contributed by atoms with Crippen molar-refractivity contribution >= 4 is 5.78 Å². The van der Waals surface area contributed by atoms with Gasteiger partial charge in [-0.1, -0.05) is 6.07 Å². The van der Waals surface area contributed by atoms with Crippen molar-refractivity contribution in [3.8, 4) is 17.1 Å². The fraction of sp³-hybridized carbons (Fsp3) is 0.316. The maximum atomic E-state index is 14.4. The molecular formula is C19H16F3N3O2. The summed E-state index contributed by atoms with van der Waals surface area (Å²) in [6.45, 7) is 1.61. The van der Waals surface area contributed by atoms with Crippen LogP contribution in [-0.2, 0) is 5.67 Å². The van der Waals surface area contributed by atoms with Gasteiger partial charge >= 0.3 is 0 Å². The normalized spacial score (nSPS) is 15.3. The molecular weight excluding hydrogens is 359 g/mol. The minimum Gasteiger partial charge on any atom is -0.481 e. The Bertz CT molecular complexity index is 1110. The van der Waals surface area contributed by atoms with Crippen molar-refractivity contribution in [1.29, 1.82) is 0 Å². The number of methoxy groups -OCH3 is 1. The Morgan fingerprint density at radius 1 is 1.22 bits per heavy atom. The third kappa shape index (κ3) is 2.94. The molecule has 0 unspecified atom stereocenters. The molecule has 1 aliphatic carbocycles. The molecule has 1 aliphatic rings. The Morgan fingerprint density at radius 3 is 2.59 bits per heavy atom. The molecule has 0 bridgehead atoms. The van der Waals surface area contributed by atoms with Gasteiger partial charge in [0.1, 0.15) is 5.67 Å². The summed E-state index contributed by atoms with van der Waals surface area (Å²) >= 11 is 0. The largest absolute Gasteiger partial charge is 0.481 e. The number of aromatic nitrogens is 3. The molecule has 2 heterocycles. The summed E-state index contributed by atoms with van der Waals surface area (Å²) in [4.78, 5) is 20.8. The Hall–Kier alpha value is -2.90. The Balaban J connectivity index is 1.96. The molecule has 140 valence electrons. The van der Waals surface area contributed by atoms with E-state index in [1.807, 2.05) is 0 Å². The lowest BCUT2D eigenvalue weighted by molar-refractivity contribution is 0.151. The molecule has 0 radical (unpaired) electrons. The first kappa shape index (κ1) is 17.5. The van der Waals surface area contributed by atoms with Gasteiger partial charge in [0.25, 0.3) is 12.0 Å². The van der Waals surface area contributed by atoms with Gasteiger partial charge in [-0.25, -0.2) is 18.2 Å². The third-order valence-corrected chi connectivity index (χ3v) is 4.78. The molecule has 2 aromatic heterocycles. The number of fused-ring (bicyclic) bond motifs is 1. The number of halogens is 3. The summed E-state index contributed by atoms with van der Waals surface area (Å²) in [6, 6.07) is 5.41. The predicted octanol–water partition coefficient (Wildman–Crippen LogP) is 3.97. The standard InChI is InChI=1S/C19H16F3N3O2/c1-10-7-11(19(22)4-5-19)8-12(17(20)21)16(10)13-9-15(26)25-6-3-14(27-2)24-18(25)23-13/h3,6-9,17H,4-5H2,1-2H3. The first-order valence-corrected chi connectivity index (χ1v) is 8.39. The summed E-state index contributed by atoms with van der Waals surface area (Å²) < 4.78 is 48.1. The van der Waals surface area contributed by atoms with E-state index in [-0.39, 0.29) is 34.0 Å². The molecule has 0 spiro atoms. The average molecular weight is 375 g/mol. The van der Waals surface area contributed by atoms with Crippen molar-refractivity contribution < 1.29 is 17.9 Å². The van der Waals surface area contributed by atoms with Crippen molar-refractivity contribution in [3.05, 3.63) is 57.5 Å². The molecule has 27 heavy (non-hydrogen) atoms. The SMILES string of the molecule is COc1ccn2c(=O)cc(-c3c(C)cc(C4(F)CC4)cc3C(F)F)nc2n1. The molecule has 1 aromatic carbocycles. The number of benzene rings is 1. The Kier molecular flexibility index (Phi) is 3.94. The number of hydrogen-bond donors (Lipinski definition) is 0. The predicted molar refractivity (Wildman–Crippen MR) is 93.0 cm³/mol. The van der Waals surface area contributed by atoms with Gasteiger partial charge in [-0.05, 0) is 37.0 Å². The van der Waals surface area contributed by atoms with Crippen LogP contribution < -0.4 is 10.3 Å². The van der Waals surface area contributed by atoms with Gasteiger partial charge in [-0.15, -0.1) is 0 Å². The van der Waals surface area contributed by atoms with Gasteiger partial charge in [0.2, 0.25) is 11.7 Å². The molecule has 1 fully saturated rings. The maximum absolute atomic E-state index is 14.4. The second-order valence-electron chi connectivity index (χ2n) is 6.64. The van der Waals surface area contributed by atoms with Crippen LogP contribution in [0.5, 0.6) is 5.88 Å². The monoisotopic (exact) mass is 375 g/mol. The fourth-order valence-electron chi connectivity index (χ4n) is 3.21. The van der Waals surface area contributed by atoms with Gasteiger partial charge < -0.3 is 4.74 Å². The highest BCUT2D eigenvalue weighted by Crippen LogP contribution is 2.51. The fourth-order valence-corrected chi connectivity index (χ4v) is 3.21. The van der Waals surface area contributed by atoms with E-state index in [0.29, 0.717) is 18.4 Å². The lowest BCUT2D eigenvalue weighted by atomic mass is 9.93. The van der Waals surface area contributed by atoms with Crippen LogP contribution in [0, 0.1) is 6.92 Å². The number of rotatable bonds is 4. The minimum absolute atomic E-state index is 0.0321. The molecule has 0 amide bonds. The topological polar surface area (TPSA) is 56.5 Å². The zero-order chi connectivity index (χ0) is 19.3. The molecule has 4 rings (SSSR count). The van der Waals surface area contributed by atoms with Crippen LogP contribution in [0.25, 0.3) is 17.0 Å². The summed E-state index contributed by atoms with van der Waals surface area (Å²) in [7, 11) is 1.42. The molecule has 8 heteroatoms. The van der Waals surface area contributed by atoms with Crippen molar-refractivity contribution in [3.63, 3.8) is 0 Å². The number of hydrogen-bond acceptors (Lipinski definition) is 4. The van der Waals surface area contributed by atoms with Crippen molar-refractivity contribution in [2.45, 2.75) is 31.9 Å². The van der Waals surface area contributed by atoms with E-state index in [9.17, 15) is 18.0 Å². The highest BCUT2D eigenvalue weighted by Gasteiger charge is 2.45. The smallest absolute Gasteiger partial charge is 0.264 e. The van der Waals surface area contributed by atoms with E-state index in [4.69, 9.17) is 4.74 Å². The zero-order valence-corrected chi connectivity index (χ0v) is 14.7. The first-order chi connectivity index (χ1) is 12.8. The molecule has 0 saturated heterocycles. The van der Waals surface area contributed by atoms with E-state index in [0.717, 1.165) is 0 Å². The summed E-state index contributed by atoms with van der Waals surface area (Å²) in [5.74, 6) is 0.276. The van der Waals surface area contributed by atoms with Crippen LogP contribution in [-0.4, -0.2) is 21.5 Å². The Morgan fingerprint density at radius 2 is 1.96 bits per heavy atom. The zero-order valence-electron chi connectivity index (χ0n) is 14.7. The maximum Gasteiger partial charge on any atom is 0.264 e. The average Bonchev–Trinajstić information content (AvgIpc) is 3.39. The molecule has 0 N–H and O–H groups in total. The van der Waals surface area contributed by atoms with Gasteiger partial charge in [-0.3, -0.25) is 9.20 Å². The molecule has 5 nitrogen and oxygen atoms in total. The third-order valence-electron chi connectivity index (χ3n) is 4.78. The molecule has 1 saturated carbocycles. The summed E-state index contributed by atoms with van der Waals surface area (Å²) in [5.41, 5.74) is -1.45. The Labute approximate surface area is 152 Å². The van der Waals surface area contributed by atoms with Gasteiger partial charge in [-0.2, -0.15) is 4.98 Å². The van der Waals surface area contributed by atoms with Crippen molar-refractivity contribution in [2.75, 3.05) is 7.11 Å².